The topological polar surface area (TPSA) is 30.7 Å². The highest BCUT2D eigenvalue weighted by Crippen LogP contribution is 2.47. The third-order valence-corrected chi connectivity index (χ3v) is 8.32. The SMILES string of the molecule is CC.c1ccc(-n2c3ccccc3c3cc(-c4cccc(-c5cc6cccc7c6c(n5)-c5ccccc5-7)n4)ccc32)cc1. The van der Waals surface area contributed by atoms with Crippen molar-refractivity contribution >= 4 is 32.6 Å². The van der Waals surface area contributed by atoms with E-state index in [2.05, 4.69) is 144 Å². The van der Waals surface area contributed by atoms with Crippen molar-refractivity contribution in [3.05, 3.63) is 140 Å². The molecule has 0 fully saturated rings. The zero-order valence-electron chi connectivity index (χ0n) is 24.1. The minimum atomic E-state index is 0.877. The average molecular weight is 552 g/mol. The van der Waals surface area contributed by atoms with Gasteiger partial charge in [-0.2, -0.15) is 0 Å². The molecule has 0 saturated carbocycles. The molecule has 0 radical (unpaired) electrons. The van der Waals surface area contributed by atoms with Gasteiger partial charge in [-0.3, -0.25) is 0 Å². The van der Waals surface area contributed by atoms with E-state index in [1.165, 1.54) is 49.3 Å². The fourth-order valence-electron chi connectivity index (χ4n) is 6.51. The predicted molar refractivity (Wildman–Crippen MR) is 181 cm³/mol. The molecule has 9 rings (SSSR count). The van der Waals surface area contributed by atoms with Crippen molar-refractivity contribution in [1.29, 1.82) is 0 Å². The van der Waals surface area contributed by atoms with Crippen LogP contribution in [0.25, 0.3) is 83.3 Å². The van der Waals surface area contributed by atoms with Gasteiger partial charge in [-0.1, -0.05) is 105 Å². The lowest BCUT2D eigenvalue weighted by Crippen LogP contribution is -1.94. The first kappa shape index (κ1) is 25.2. The largest absolute Gasteiger partial charge is 0.309 e. The second kappa shape index (κ2) is 10.1. The molecule has 0 saturated heterocycles. The summed E-state index contributed by atoms with van der Waals surface area (Å²) in [4.78, 5) is 10.3. The summed E-state index contributed by atoms with van der Waals surface area (Å²) in [6.07, 6.45) is 0. The number of para-hydroxylation sites is 2. The fraction of sp³-hybridized carbons (Fsp3) is 0.0500. The van der Waals surface area contributed by atoms with E-state index in [0.29, 0.717) is 0 Å². The summed E-state index contributed by atoms with van der Waals surface area (Å²) in [5.41, 5.74) is 12.1. The Bertz CT molecular complexity index is 2310. The molecule has 5 aromatic carbocycles. The Kier molecular flexibility index (Phi) is 5.90. The molecule has 204 valence electrons. The van der Waals surface area contributed by atoms with Crippen molar-refractivity contribution in [3.63, 3.8) is 0 Å². The van der Waals surface area contributed by atoms with Crippen LogP contribution in [-0.2, 0) is 0 Å². The van der Waals surface area contributed by atoms with E-state index < -0.39 is 0 Å². The second-order valence-electron chi connectivity index (χ2n) is 10.6. The summed E-state index contributed by atoms with van der Waals surface area (Å²) in [7, 11) is 0. The lowest BCUT2D eigenvalue weighted by atomic mass is 10.0. The normalized spacial score (nSPS) is 11.5. The summed E-state index contributed by atoms with van der Waals surface area (Å²) in [5, 5.41) is 4.88. The van der Waals surface area contributed by atoms with Crippen molar-refractivity contribution in [2.75, 3.05) is 0 Å². The fourth-order valence-corrected chi connectivity index (χ4v) is 6.51. The Morgan fingerprint density at radius 2 is 1.16 bits per heavy atom. The minimum absolute atomic E-state index is 0.877. The summed E-state index contributed by atoms with van der Waals surface area (Å²) < 4.78 is 2.34. The molecule has 0 atom stereocenters. The van der Waals surface area contributed by atoms with Crippen molar-refractivity contribution in [3.8, 4) is 50.7 Å². The smallest absolute Gasteiger partial charge is 0.0900 e. The highest BCUT2D eigenvalue weighted by atomic mass is 15.0. The standard InChI is InChI=1S/C38H23N3.C2H6/c1-2-11-26(12-3-1)41-35-19-7-6-14-28(35)31-22-24(20-21-36(31)41)32-17-9-18-33(39-32)34-23-25-10-8-16-29-27-13-4-5-15-30(27)38(40-34)37(25)29;1-2/h1-23H;1-2H3. The quantitative estimate of drug-likeness (QED) is 0.219. The Hall–Kier alpha value is -5.54. The van der Waals surface area contributed by atoms with Crippen LogP contribution in [0.3, 0.4) is 0 Å². The number of benzene rings is 5. The lowest BCUT2D eigenvalue weighted by molar-refractivity contribution is 1.18. The first-order valence-corrected chi connectivity index (χ1v) is 14.9. The van der Waals surface area contributed by atoms with Crippen molar-refractivity contribution in [2.24, 2.45) is 0 Å². The number of aromatic nitrogens is 3. The molecule has 0 N–H and O–H groups in total. The van der Waals surface area contributed by atoms with Crippen LogP contribution in [0.1, 0.15) is 13.8 Å². The van der Waals surface area contributed by atoms with Gasteiger partial charge in [0.25, 0.3) is 0 Å². The van der Waals surface area contributed by atoms with E-state index in [1.54, 1.807) is 0 Å². The monoisotopic (exact) mass is 551 g/mol. The first-order valence-electron chi connectivity index (χ1n) is 14.9. The Morgan fingerprint density at radius 1 is 0.465 bits per heavy atom. The van der Waals surface area contributed by atoms with Crippen LogP contribution in [0.15, 0.2) is 140 Å². The van der Waals surface area contributed by atoms with E-state index in [4.69, 9.17) is 9.97 Å². The van der Waals surface area contributed by atoms with Crippen LogP contribution in [0.4, 0.5) is 0 Å². The minimum Gasteiger partial charge on any atom is -0.309 e. The van der Waals surface area contributed by atoms with Gasteiger partial charge in [-0.15, -0.1) is 0 Å². The summed E-state index contributed by atoms with van der Waals surface area (Å²) in [6.45, 7) is 4.00. The van der Waals surface area contributed by atoms with Crippen molar-refractivity contribution in [1.82, 2.24) is 14.5 Å². The van der Waals surface area contributed by atoms with Gasteiger partial charge in [0, 0.05) is 33.0 Å². The highest BCUT2D eigenvalue weighted by molar-refractivity contribution is 6.14. The predicted octanol–water partition coefficient (Wildman–Crippen LogP) is 10.7. The van der Waals surface area contributed by atoms with E-state index in [0.717, 1.165) is 34.0 Å². The zero-order chi connectivity index (χ0) is 28.9. The maximum absolute atomic E-state index is 5.18. The van der Waals surface area contributed by atoms with Crippen LogP contribution in [0.5, 0.6) is 0 Å². The van der Waals surface area contributed by atoms with E-state index in [-0.39, 0.29) is 0 Å². The lowest BCUT2D eigenvalue weighted by Gasteiger charge is -2.09. The van der Waals surface area contributed by atoms with Gasteiger partial charge in [0.1, 0.15) is 0 Å². The highest BCUT2D eigenvalue weighted by Gasteiger charge is 2.23. The van der Waals surface area contributed by atoms with E-state index in [1.807, 2.05) is 13.8 Å². The molecular weight excluding hydrogens is 522 g/mol. The van der Waals surface area contributed by atoms with E-state index in [9.17, 15) is 0 Å². The summed E-state index contributed by atoms with van der Waals surface area (Å²) >= 11 is 0. The summed E-state index contributed by atoms with van der Waals surface area (Å²) in [5.74, 6) is 0. The van der Waals surface area contributed by atoms with Crippen molar-refractivity contribution < 1.29 is 0 Å². The molecule has 0 spiro atoms. The zero-order valence-corrected chi connectivity index (χ0v) is 24.1. The Balaban J connectivity index is 0.00000136. The molecule has 0 amide bonds. The second-order valence-corrected chi connectivity index (χ2v) is 10.6. The van der Waals surface area contributed by atoms with Crippen LogP contribution in [0.2, 0.25) is 0 Å². The maximum Gasteiger partial charge on any atom is 0.0900 e. The van der Waals surface area contributed by atoms with Crippen LogP contribution < -0.4 is 0 Å². The van der Waals surface area contributed by atoms with Crippen LogP contribution in [-0.4, -0.2) is 14.5 Å². The van der Waals surface area contributed by atoms with Gasteiger partial charge in [0.2, 0.25) is 0 Å². The number of hydrogen-bond donors (Lipinski definition) is 0. The average Bonchev–Trinajstić information content (AvgIpc) is 3.60. The van der Waals surface area contributed by atoms with Gasteiger partial charge >= 0.3 is 0 Å². The van der Waals surface area contributed by atoms with Crippen LogP contribution >= 0.6 is 0 Å². The molecule has 3 nitrogen and oxygen atoms in total. The molecule has 3 aromatic heterocycles. The molecule has 0 unspecified atom stereocenters. The molecule has 8 aromatic rings. The molecule has 0 aliphatic heterocycles. The van der Waals surface area contributed by atoms with Gasteiger partial charge in [-0.05, 0) is 65.0 Å². The molecule has 1 aliphatic rings. The van der Waals surface area contributed by atoms with Gasteiger partial charge < -0.3 is 4.57 Å². The number of nitrogens with zero attached hydrogens (tertiary/aromatic N) is 3. The Morgan fingerprint density at radius 3 is 2.05 bits per heavy atom. The van der Waals surface area contributed by atoms with Crippen molar-refractivity contribution in [2.45, 2.75) is 13.8 Å². The number of hydrogen-bond acceptors (Lipinski definition) is 2. The molecule has 0 bridgehead atoms. The first-order chi connectivity index (χ1) is 21.3. The number of rotatable bonds is 3. The molecular formula is C40H29N3. The summed E-state index contributed by atoms with van der Waals surface area (Å²) in [6, 6.07) is 49.4. The maximum atomic E-state index is 5.18. The van der Waals surface area contributed by atoms with Gasteiger partial charge in [0.15, 0.2) is 0 Å². The Labute approximate surface area is 250 Å². The number of fused-ring (bicyclic) bond motifs is 6. The van der Waals surface area contributed by atoms with Gasteiger partial charge in [-0.25, -0.2) is 9.97 Å². The molecule has 43 heavy (non-hydrogen) atoms. The third kappa shape index (κ3) is 3.89. The molecule has 1 aliphatic carbocycles. The molecule has 3 heteroatoms. The third-order valence-electron chi connectivity index (χ3n) is 8.32. The molecule has 3 heterocycles. The number of pyridine rings is 2. The van der Waals surface area contributed by atoms with E-state index >= 15 is 0 Å². The van der Waals surface area contributed by atoms with Crippen LogP contribution in [0, 0.1) is 0 Å². The van der Waals surface area contributed by atoms with Gasteiger partial charge in [0.05, 0.1) is 33.8 Å².